The SMILES string of the molecule is O=C(O)NCCCCCCNc1c2c(nc3ccccc13)CCCC2. The summed E-state index contributed by atoms with van der Waals surface area (Å²) in [6, 6.07) is 8.40. The van der Waals surface area contributed by atoms with Gasteiger partial charge in [0.1, 0.15) is 0 Å². The first-order valence-electron chi connectivity index (χ1n) is 9.37. The maximum Gasteiger partial charge on any atom is 0.404 e. The predicted octanol–water partition coefficient (Wildman–Crippen LogP) is 4.35. The molecular weight excluding hydrogens is 314 g/mol. The molecule has 0 aliphatic heterocycles. The van der Waals surface area contributed by atoms with Gasteiger partial charge in [-0.05, 0) is 50.2 Å². The number of rotatable bonds is 8. The Morgan fingerprint density at radius 2 is 1.80 bits per heavy atom. The van der Waals surface area contributed by atoms with Crippen LogP contribution in [0.5, 0.6) is 0 Å². The lowest BCUT2D eigenvalue weighted by Gasteiger charge is -2.21. The van der Waals surface area contributed by atoms with Crippen LogP contribution in [0.2, 0.25) is 0 Å². The van der Waals surface area contributed by atoms with Gasteiger partial charge in [0.25, 0.3) is 0 Å². The van der Waals surface area contributed by atoms with Crippen LogP contribution in [-0.2, 0) is 12.8 Å². The lowest BCUT2D eigenvalue weighted by Crippen LogP contribution is -2.21. The molecule has 5 heteroatoms. The van der Waals surface area contributed by atoms with Gasteiger partial charge in [-0.15, -0.1) is 0 Å². The summed E-state index contributed by atoms with van der Waals surface area (Å²) in [6.45, 7) is 1.50. The molecule has 25 heavy (non-hydrogen) atoms. The van der Waals surface area contributed by atoms with Crippen molar-refractivity contribution in [2.75, 3.05) is 18.4 Å². The summed E-state index contributed by atoms with van der Waals surface area (Å²) in [7, 11) is 0. The zero-order chi connectivity index (χ0) is 17.5. The molecule has 1 aromatic carbocycles. The quantitative estimate of drug-likeness (QED) is 0.624. The minimum Gasteiger partial charge on any atom is -0.465 e. The molecule has 0 radical (unpaired) electrons. The van der Waals surface area contributed by atoms with Gasteiger partial charge in [0.2, 0.25) is 0 Å². The molecule has 1 heterocycles. The fourth-order valence-electron chi connectivity index (χ4n) is 3.59. The number of para-hydroxylation sites is 1. The van der Waals surface area contributed by atoms with Crippen LogP contribution in [0, 0.1) is 0 Å². The second-order valence-electron chi connectivity index (χ2n) is 6.71. The van der Waals surface area contributed by atoms with E-state index in [0.717, 1.165) is 50.6 Å². The van der Waals surface area contributed by atoms with E-state index in [9.17, 15) is 4.79 Å². The maximum atomic E-state index is 10.4. The summed E-state index contributed by atoms with van der Waals surface area (Å²) in [5.74, 6) is 0. The summed E-state index contributed by atoms with van der Waals surface area (Å²) in [5, 5.41) is 15.9. The van der Waals surface area contributed by atoms with Gasteiger partial charge in [0, 0.05) is 29.9 Å². The molecule has 0 spiro atoms. The molecule has 3 N–H and O–H groups in total. The van der Waals surface area contributed by atoms with E-state index >= 15 is 0 Å². The van der Waals surface area contributed by atoms with Gasteiger partial charge in [0.05, 0.1) is 5.52 Å². The Kier molecular flexibility index (Phi) is 6.09. The van der Waals surface area contributed by atoms with Crippen LogP contribution in [0.3, 0.4) is 0 Å². The van der Waals surface area contributed by atoms with E-state index < -0.39 is 6.09 Å². The van der Waals surface area contributed by atoms with E-state index in [1.54, 1.807) is 0 Å². The molecule has 1 aliphatic carbocycles. The molecule has 1 aliphatic rings. The van der Waals surface area contributed by atoms with Crippen molar-refractivity contribution in [1.82, 2.24) is 10.3 Å². The molecular formula is C20H27N3O2. The topological polar surface area (TPSA) is 74.2 Å². The van der Waals surface area contributed by atoms with E-state index in [1.807, 2.05) is 0 Å². The summed E-state index contributed by atoms with van der Waals surface area (Å²) in [6.07, 6.45) is 7.92. The molecule has 1 aromatic heterocycles. The molecule has 0 saturated heterocycles. The van der Waals surface area contributed by atoms with Crippen molar-refractivity contribution in [3.05, 3.63) is 35.5 Å². The van der Waals surface area contributed by atoms with Crippen molar-refractivity contribution in [3.63, 3.8) is 0 Å². The van der Waals surface area contributed by atoms with Crippen LogP contribution in [-0.4, -0.2) is 29.3 Å². The average Bonchev–Trinajstić information content (AvgIpc) is 2.62. The number of hydrogen-bond acceptors (Lipinski definition) is 3. The van der Waals surface area contributed by atoms with Crippen molar-refractivity contribution in [2.45, 2.75) is 51.4 Å². The minimum atomic E-state index is -0.934. The smallest absolute Gasteiger partial charge is 0.404 e. The van der Waals surface area contributed by atoms with Crippen LogP contribution < -0.4 is 10.6 Å². The van der Waals surface area contributed by atoms with E-state index in [0.29, 0.717) is 6.54 Å². The van der Waals surface area contributed by atoms with E-state index in [1.165, 1.54) is 35.2 Å². The summed E-state index contributed by atoms with van der Waals surface area (Å²) in [4.78, 5) is 15.3. The van der Waals surface area contributed by atoms with Gasteiger partial charge in [-0.2, -0.15) is 0 Å². The molecule has 0 atom stereocenters. The maximum absolute atomic E-state index is 10.4. The fraction of sp³-hybridized carbons (Fsp3) is 0.500. The Hall–Kier alpha value is -2.30. The van der Waals surface area contributed by atoms with Crippen molar-refractivity contribution >= 4 is 22.7 Å². The zero-order valence-electron chi connectivity index (χ0n) is 14.7. The number of nitrogens with zero attached hydrogens (tertiary/aromatic N) is 1. The number of anilines is 1. The highest BCUT2D eigenvalue weighted by molar-refractivity contribution is 5.93. The number of aromatic nitrogens is 1. The highest BCUT2D eigenvalue weighted by Gasteiger charge is 2.17. The van der Waals surface area contributed by atoms with E-state index in [2.05, 4.69) is 34.9 Å². The largest absolute Gasteiger partial charge is 0.465 e. The number of amides is 1. The van der Waals surface area contributed by atoms with Gasteiger partial charge in [0.15, 0.2) is 0 Å². The minimum absolute atomic E-state index is 0.547. The summed E-state index contributed by atoms with van der Waals surface area (Å²) >= 11 is 0. The first-order valence-corrected chi connectivity index (χ1v) is 9.37. The molecule has 3 rings (SSSR count). The van der Waals surface area contributed by atoms with Crippen molar-refractivity contribution in [1.29, 1.82) is 0 Å². The van der Waals surface area contributed by atoms with Gasteiger partial charge < -0.3 is 15.7 Å². The van der Waals surface area contributed by atoms with Crippen molar-refractivity contribution < 1.29 is 9.90 Å². The highest BCUT2D eigenvalue weighted by Crippen LogP contribution is 2.33. The van der Waals surface area contributed by atoms with Gasteiger partial charge in [-0.3, -0.25) is 4.98 Å². The standard InChI is InChI=1S/C20H27N3O2/c24-20(25)22-14-8-2-1-7-13-21-19-15-9-3-5-11-17(15)23-18-12-6-4-10-16(18)19/h3,5,9,11,22H,1-2,4,6-8,10,12-14H2,(H,21,23)(H,24,25). The predicted molar refractivity (Wildman–Crippen MR) is 101 cm³/mol. The van der Waals surface area contributed by atoms with E-state index in [4.69, 9.17) is 10.1 Å². The van der Waals surface area contributed by atoms with Crippen molar-refractivity contribution in [3.8, 4) is 0 Å². The lowest BCUT2D eigenvalue weighted by atomic mass is 9.92. The first-order chi connectivity index (χ1) is 12.3. The van der Waals surface area contributed by atoms with Crippen LogP contribution in [0.4, 0.5) is 10.5 Å². The van der Waals surface area contributed by atoms with Gasteiger partial charge in [-0.1, -0.05) is 31.0 Å². The molecule has 134 valence electrons. The summed E-state index contributed by atoms with van der Waals surface area (Å²) < 4.78 is 0. The Balaban J connectivity index is 1.57. The van der Waals surface area contributed by atoms with E-state index in [-0.39, 0.29) is 0 Å². The molecule has 1 amide bonds. The van der Waals surface area contributed by atoms with Crippen LogP contribution >= 0.6 is 0 Å². The second-order valence-corrected chi connectivity index (χ2v) is 6.71. The number of pyridine rings is 1. The van der Waals surface area contributed by atoms with Crippen molar-refractivity contribution in [2.24, 2.45) is 0 Å². The number of carbonyl (C=O) groups is 1. The third kappa shape index (κ3) is 4.62. The Morgan fingerprint density at radius 3 is 2.64 bits per heavy atom. The normalized spacial score (nSPS) is 13.4. The second kappa shape index (κ2) is 8.70. The number of aryl methyl sites for hydroxylation is 1. The molecule has 0 fully saturated rings. The number of unbranched alkanes of at least 4 members (excludes halogenated alkanes) is 3. The van der Waals surface area contributed by atoms with Crippen LogP contribution in [0.15, 0.2) is 24.3 Å². The Morgan fingerprint density at radius 1 is 1.04 bits per heavy atom. The Bertz CT molecular complexity index is 730. The zero-order valence-corrected chi connectivity index (χ0v) is 14.7. The number of nitrogens with one attached hydrogen (secondary N) is 2. The van der Waals surface area contributed by atoms with Gasteiger partial charge >= 0.3 is 6.09 Å². The fourth-order valence-corrected chi connectivity index (χ4v) is 3.59. The number of hydrogen-bond donors (Lipinski definition) is 3. The number of benzene rings is 1. The Labute approximate surface area is 148 Å². The molecule has 0 unspecified atom stereocenters. The summed E-state index contributed by atoms with van der Waals surface area (Å²) in [5.41, 5.74) is 5.06. The molecule has 2 aromatic rings. The lowest BCUT2D eigenvalue weighted by molar-refractivity contribution is 0.194. The third-order valence-electron chi connectivity index (χ3n) is 4.85. The molecule has 5 nitrogen and oxygen atoms in total. The number of carboxylic acid groups (broad SMARTS) is 1. The van der Waals surface area contributed by atoms with Gasteiger partial charge in [-0.25, -0.2) is 4.79 Å². The number of fused-ring (bicyclic) bond motifs is 2. The molecule has 0 saturated carbocycles. The monoisotopic (exact) mass is 341 g/mol. The highest BCUT2D eigenvalue weighted by atomic mass is 16.4. The average molecular weight is 341 g/mol. The van der Waals surface area contributed by atoms with Crippen LogP contribution in [0.25, 0.3) is 10.9 Å². The van der Waals surface area contributed by atoms with Crippen LogP contribution in [0.1, 0.15) is 49.8 Å². The first kappa shape index (κ1) is 17.5. The third-order valence-corrected chi connectivity index (χ3v) is 4.85. The molecule has 0 bridgehead atoms.